The van der Waals surface area contributed by atoms with Crippen LogP contribution in [0.5, 0.6) is 0 Å². The van der Waals surface area contributed by atoms with Crippen LogP contribution >= 0.6 is 0 Å². The fraction of sp³-hybridized carbons (Fsp3) is 0.895. The maximum atomic E-state index is 12.9. The second-order valence-corrected chi connectivity index (χ2v) is 7.93. The molecule has 0 aromatic carbocycles. The first-order valence-electron chi connectivity index (χ1n) is 9.75. The van der Waals surface area contributed by atoms with Crippen molar-refractivity contribution >= 4 is 5.91 Å². The van der Waals surface area contributed by atoms with Crippen molar-refractivity contribution in [1.82, 2.24) is 9.80 Å². The smallest absolute Gasteiger partial charge is 0.237 e. The number of rotatable bonds is 4. The highest BCUT2D eigenvalue weighted by Gasteiger charge is 2.42. The van der Waals surface area contributed by atoms with Crippen molar-refractivity contribution < 1.29 is 14.6 Å². The Bertz CT molecular complexity index is 513. The minimum atomic E-state index is -0.635. The van der Waals surface area contributed by atoms with E-state index in [4.69, 9.17) is 4.74 Å². The summed E-state index contributed by atoms with van der Waals surface area (Å²) in [5, 5.41) is 20.0. The van der Waals surface area contributed by atoms with Crippen molar-refractivity contribution in [3.8, 4) is 6.07 Å². The van der Waals surface area contributed by atoms with Gasteiger partial charge in [0, 0.05) is 25.6 Å². The second kappa shape index (κ2) is 8.03. The minimum absolute atomic E-state index is 0.0165. The molecule has 1 saturated heterocycles. The Morgan fingerprint density at radius 1 is 1.32 bits per heavy atom. The third-order valence-electron chi connectivity index (χ3n) is 6.55. The molecule has 0 aromatic heterocycles. The zero-order valence-electron chi connectivity index (χ0n) is 15.3. The van der Waals surface area contributed by atoms with E-state index in [0.29, 0.717) is 26.3 Å². The standard InChI is InChI=1S/C19H31N3O3/c1-21(19(14-20)8-3-2-4-9-19)18(24)12-22-10-11-25-13-16(22)15-6-5-7-17(15)23/h15-17,23H,2-13H2,1H3/t15-,16-,17+/m1/s1. The quantitative estimate of drug-likeness (QED) is 0.833. The van der Waals surface area contributed by atoms with Gasteiger partial charge in [-0.15, -0.1) is 0 Å². The summed E-state index contributed by atoms with van der Waals surface area (Å²) in [5.41, 5.74) is -0.635. The fourth-order valence-corrected chi connectivity index (χ4v) is 4.84. The summed E-state index contributed by atoms with van der Waals surface area (Å²) in [4.78, 5) is 16.8. The molecule has 3 rings (SSSR count). The molecule has 1 amide bonds. The number of likely N-dealkylation sites (N-methyl/N-ethyl adjacent to an activating group) is 1. The maximum absolute atomic E-state index is 12.9. The molecule has 0 aromatic rings. The van der Waals surface area contributed by atoms with Gasteiger partial charge in [-0.1, -0.05) is 25.7 Å². The van der Waals surface area contributed by atoms with Crippen LogP contribution in [0.15, 0.2) is 0 Å². The van der Waals surface area contributed by atoms with Gasteiger partial charge in [-0.05, 0) is 25.7 Å². The summed E-state index contributed by atoms with van der Waals surface area (Å²) in [5.74, 6) is 0.209. The largest absolute Gasteiger partial charge is 0.393 e. The van der Waals surface area contributed by atoms with Crippen molar-refractivity contribution in [3.63, 3.8) is 0 Å². The van der Waals surface area contributed by atoms with Gasteiger partial charge in [-0.3, -0.25) is 9.69 Å². The Morgan fingerprint density at radius 2 is 2.08 bits per heavy atom. The number of carbonyl (C=O) groups is 1. The highest BCUT2D eigenvalue weighted by molar-refractivity contribution is 5.79. The number of nitrogens with zero attached hydrogens (tertiary/aromatic N) is 3. The van der Waals surface area contributed by atoms with E-state index in [1.165, 1.54) is 0 Å². The third-order valence-corrected chi connectivity index (χ3v) is 6.55. The number of hydrogen-bond donors (Lipinski definition) is 1. The lowest BCUT2D eigenvalue weighted by Gasteiger charge is -2.43. The number of aliphatic hydroxyl groups excluding tert-OH is 1. The Labute approximate surface area is 150 Å². The average Bonchev–Trinajstić information content (AvgIpc) is 3.08. The van der Waals surface area contributed by atoms with Gasteiger partial charge in [0.15, 0.2) is 0 Å². The molecule has 6 nitrogen and oxygen atoms in total. The van der Waals surface area contributed by atoms with Gasteiger partial charge < -0.3 is 14.7 Å². The van der Waals surface area contributed by atoms with Crippen LogP contribution in [0.3, 0.4) is 0 Å². The zero-order valence-corrected chi connectivity index (χ0v) is 15.3. The molecule has 6 heteroatoms. The SMILES string of the molecule is CN(C(=O)CN1CCOC[C@@H]1[C@H]1CCC[C@@H]1O)C1(C#N)CCCCC1. The highest BCUT2D eigenvalue weighted by atomic mass is 16.5. The minimum Gasteiger partial charge on any atom is -0.393 e. The van der Waals surface area contributed by atoms with E-state index in [2.05, 4.69) is 11.0 Å². The van der Waals surface area contributed by atoms with Crippen molar-refractivity contribution in [2.24, 2.45) is 5.92 Å². The van der Waals surface area contributed by atoms with Crippen molar-refractivity contribution in [2.45, 2.75) is 69.1 Å². The predicted molar refractivity (Wildman–Crippen MR) is 93.7 cm³/mol. The lowest BCUT2D eigenvalue weighted by molar-refractivity contribution is -0.140. The lowest BCUT2D eigenvalue weighted by Crippen LogP contribution is -2.57. The van der Waals surface area contributed by atoms with Gasteiger partial charge in [0.2, 0.25) is 5.91 Å². The molecule has 0 spiro atoms. The summed E-state index contributed by atoms with van der Waals surface area (Å²) in [6, 6.07) is 2.54. The predicted octanol–water partition coefficient (Wildman–Crippen LogP) is 1.53. The van der Waals surface area contributed by atoms with Gasteiger partial charge in [0.05, 0.1) is 31.9 Å². The first-order chi connectivity index (χ1) is 12.1. The summed E-state index contributed by atoms with van der Waals surface area (Å²) >= 11 is 0. The molecule has 1 N–H and O–H groups in total. The Kier molecular flexibility index (Phi) is 5.98. The number of nitriles is 1. The summed E-state index contributed by atoms with van der Waals surface area (Å²) < 4.78 is 5.64. The maximum Gasteiger partial charge on any atom is 0.237 e. The molecule has 2 saturated carbocycles. The van der Waals surface area contributed by atoms with E-state index in [1.54, 1.807) is 11.9 Å². The first kappa shape index (κ1) is 18.6. The van der Waals surface area contributed by atoms with E-state index in [9.17, 15) is 15.2 Å². The molecule has 2 aliphatic carbocycles. The van der Waals surface area contributed by atoms with E-state index < -0.39 is 5.54 Å². The van der Waals surface area contributed by atoms with E-state index in [0.717, 1.165) is 51.4 Å². The van der Waals surface area contributed by atoms with Gasteiger partial charge in [-0.2, -0.15) is 5.26 Å². The average molecular weight is 349 g/mol. The van der Waals surface area contributed by atoms with Crippen LogP contribution in [0.2, 0.25) is 0 Å². The van der Waals surface area contributed by atoms with Crippen LogP contribution in [0.1, 0.15) is 51.4 Å². The number of hydrogen-bond acceptors (Lipinski definition) is 5. The summed E-state index contributed by atoms with van der Waals surface area (Å²) in [6.45, 7) is 2.24. The molecule has 0 bridgehead atoms. The fourth-order valence-electron chi connectivity index (χ4n) is 4.84. The van der Waals surface area contributed by atoms with Gasteiger partial charge in [0.25, 0.3) is 0 Å². The molecule has 0 radical (unpaired) electrons. The Morgan fingerprint density at radius 3 is 2.72 bits per heavy atom. The zero-order chi connectivity index (χ0) is 17.9. The molecule has 1 aliphatic heterocycles. The number of amides is 1. The van der Waals surface area contributed by atoms with Crippen molar-refractivity contribution in [2.75, 3.05) is 33.4 Å². The lowest BCUT2D eigenvalue weighted by atomic mass is 9.81. The Hall–Kier alpha value is -1.16. The molecule has 25 heavy (non-hydrogen) atoms. The topological polar surface area (TPSA) is 76.8 Å². The van der Waals surface area contributed by atoms with Crippen LogP contribution in [0.25, 0.3) is 0 Å². The van der Waals surface area contributed by atoms with Crippen LogP contribution in [0, 0.1) is 17.2 Å². The van der Waals surface area contributed by atoms with Gasteiger partial charge in [0.1, 0.15) is 5.54 Å². The second-order valence-electron chi connectivity index (χ2n) is 7.93. The molecule has 1 heterocycles. The van der Waals surface area contributed by atoms with Gasteiger partial charge >= 0.3 is 0 Å². The first-order valence-corrected chi connectivity index (χ1v) is 9.75. The van der Waals surface area contributed by atoms with E-state index in [1.807, 2.05) is 0 Å². The van der Waals surface area contributed by atoms with Crippen molar-refractivity contribution in [3.05, 3.63) is 0 Å². The van der Waals surface area contributed by atoms with E-state index >= 15 is 0 Å². The van der Waals surface area contributed by atoms with Crippen LogP contribution in [-0.2, 0) is 9.53 Å². The molecular formula is C19H31N3O3. The van der Waals surface area contributed by atoms with Crippen LogP contribution < -0.4 is 0 Å². The highest BCUT2D eigenvalue weighted by Crippen LogP contribution is 2.34. The number of aliphatic hydroxyl groups is 1. The number of carbonyl (C=O) groups excluding carboxylic acids is 1. The summed E-state index contributed by atoms with van der Waals surface area (Å²) in [7, 11) is 1.79. The number of morpholine rings is 1. The van der Waals surface area contributed by atoms with Crippen LogP contribution in [-0.4, -0.2) is 71.8 Å². The molecule has 140 valence electrons. The molecule has 3 atom stereocenters. The van der Waals surface area contributed by atoms with Crippen LogP contribution in [0.4, 0.5) is 0 Å². The van der Waals surface area contributed by atoms with Gasteiger partial charge in [-0.25, -0.2) is 0 Å². The Balaban J connectivity index is 1.66. The molecule has 3 fully saturated rings. The van der Waals surface area contributed by atoms with Crippen molar-refractivity contribution in [1.29, 1.82) is 5.26 Å². The summed E-state index contributed by atoms with van der Waals surface area (Å²) in [6.07, 6.45) is 7.33. The third kappa shape index (κ3) is 3.84. The monoisotopic (exact) mass is 349 g/mol. The van der Waals surface area contributed by atoms with E-state index in [-0.39, 0.29) is 24.0 Å². The molecular weight excluding hydrogens is 318 g/mol. The molecule has 0 unspecified atom stereocenters. The normalized spacial score (nSPS) is 32.9. The molecule has 3 aliphatic rings. The number of ether oxygens (including phenoxy) is 1.